The van der Waals surface area contributed by atoms with E-state index in [1.807, 2.05) is 6.92 Å². The van der Waals surface area contributed by atoms with Gasteiger partial charge >= 0.3 is 0 Å². The van der Waals surface area contributed by atoms with E-state index in [2.05, 4.69) is 5.32 Å². The minimum Gasteiger partial charge on any atom is -0.395 e. The number of aliphatic hydroxyl groups is 3. The predicted octanol–water partition coefficient (Wildman–Crippen LogP) is -1.55. The Morgan fingerprint density at radius 2 is 1.73 bits per heavy atom. The molecule has 0 aromatic rings. The molecule has 0 aromatic carbocycles. The molecule has 1 fully saturated rings. The minimum atomic E-state index is -0.829. The van der Waals surface area contributed by atoms with Gasteiger partial charge in [-0.15, -0.1) is 0 Å². The van der Waals surface area contributed by atoms with Gasteiger partial charge in [-0.3, -0.25) is 0 Å². The molecule has 0 aromatic heterocycles. The number of nitrogens with one attached hydrogen (secondary N) is 1. The lowest BCUT2D eigenvalue weighted by Gasteiger charge is -2.12. The van der Waals surface area contributed by atoms with Gasteiger partial charge in [0.1, 0.15) is 0 Å². The Morgan fingerprint density at radius 1 is 1.18 bits per heavy atom. The average Bonchev–Trinajstić information content (AvgIpc) is 2.30. The van der Waals surface area contributed by atoms with Crippen LogP contribution in [0.4, 0.5) is 0 Å². The number of rotatable bonds is 2. The molecular formula is C7H15NO3. The van der Waals surface area contributed by atoms with Gasteiger partial charge in [0, 0.05) is 6.04 Å². The summed E-state index contributed by atoms with van der Waals surface area (Å²) in [6.45, 7) is 1.79. The molecule has 1 aliphatic rings. The molecule has 0 saturated carbocycles. The van der Waals surface area contributed by atoms with E-state index < -0.39 is 12.2 Å². The Morgan fingerprint density at radius 3 is 2.00 bits per heavy atom. The molecule has 0 amide bonds. The van der Waals surface area contributed by atoms with Crippen molar-refractivity contribution in [2.45, 2.75) is 37.6 Å². The van der Waals surface area contributed by atoms with Crippen molar-refractivity contribution < 1.29 is 15.3 Å². The molecule has 4 nitrogen and oxygen atoms in total. The molecule has 0 unspecified atom stereocenters. The number of hydrogen-bond acceptors (Lipinski definition) is 4. The van der Waals surface area contributed by atoms with E-state index in [0.717, 1.165) is 6.42 Å². The van der Waals surface area contributed by atoms with E-state index in [1.54, 1.807) is 0 Å². The molecule has 1 saturated heterocycles. The number of aliphatic hydroxyl groups excluding tert-OH is 3. The van der Waals surface area contributed by atoms with Crippen LogP contribution in [0.25, 0.3) is 0 Å². The Balaban J connectivity index is 2.53. The van der Waals surface area contributed by atoms with Crippen molar-refractivity contribution in [3.63, 3.8) is 0 Å². The van der Waals surface area contributed by atoms with Gasteiger partial charge < -0.3 is 20.6 Å². The summed E-state index contributed by atoms with van der Waals surface area (Å²) in [6, 6.07) is -0.447. The van der Waals surface area contributed by atoms with E-state index in [0.29, 0.717) is 0 Å². The minimum absolute atomic E-state index is 0.0813. The monoisotopic (exact) mass is 161 g/mol. The van der Waals surface area contributed by atoms with Crippen LogP contribution in [0, 0.1) is 0 Å². The zero-order valence-corrected chi connectivity index (χ0v) is 6.57. The summed E-state index contributed by atoms with van der Waals surface area (Å²) in [5, 5.41) is 30.3. The van der Waals surface area contributed by atoms with Crippen LogP contribution in [-0.2, 0) is 0 Å². The summed E-state index contributed by atoms with van der Waals surface area (Å²) < 4.78 is 0. The van der Waals surface area contributed by atoms with Gasteiger partial charge in [-0.05, 0) is 6.42 Å². The van der Waals surface area contributed by atoms with Gasteiger partial charge in [0.15, 0.2) is 0 Å². The first-order valence-corrected chi connectivity index (χ1v) is 3.93. The third kappa shape index (κ3) is 1.54. The molecule has 1 rings (SSSR count). The van der Waals surface area contributed by atoms with Crippen molar-refractivity contribution in [3.8, 4) is 0 Å². The molecule has 4 atom stereocenters. The summed E-state index contributed by atoms with van der Waals surface area (Å²) in [7, 11) is 0. The maximum atomic E-state index is 9.34. The second-order valence-electron chi connectivity index (χ2n) is 2.95. The Bertz CT molecular complexity index is 113. The average molecular weight is 161 g/mol. The summed E-state index contributed by atoms with van der Waals surface area (Å²) in [4.78, 5) is 0. The second kappa shape index (κ2) is 3.49. The maximum absolute atomic E-state index is 9.34. The molecule has 0 aliphatic carbocycles. The normalized spacial score (nSPS) is 44.7. The van der Waals surface area contributed by atoms with Crippen LogP contribution in [0.1, 0.15) is 13.3 Å². The van der Waals surface area contributed by atoms with E-state index >= 15 is 0 Å². The van der Waals surface area contributed by atoms with Crippen LogP contribution < -0.4 is 5.32 Å². The SMILES string of the molecule is CC[C@H]1N[C@@H](CO)[C@H](O)[C@H]1O. The van der Waals surface area contributed by atoms with Crippen molar-refractivity contribution in [1.82, 2.24) is 5.32 Å². The first-order valence-electron chi connectivity index (χ1n) is 3.93. The molecule has 1 aliphatic heterocycles. The van der Waals surface area contributed by atoms with Gasteiger partial charge in [-0.2, -0.15) is 0 Å². The van der Waals surface area contributed by atoms with Crippen molar-refractivity contribution in [2.24, 2.45) is 0 Å². The van der Waals surface area contributed by atoms with Gasteiger partial charge in [0.25, 0.3) is 0 Å². The fourth-order valence-corrected chi connectivity index (χ4v) is 1.47. The quantitative estimate of drug-likeness (QED) is 0.396. The number of hydrogen-bond donors (Lipinski definition) is 4. The zero-order chi connectivity index (χ0) is 8.43. The highest BCUT2D eigenvalue weighted by molar-refractivity contribution is 4.96. The fraction of sp³-hybridized carbons (Fsp3) is 1.00. The van der Waals surface area contributed by atoms with Gasteiger partial charge in [0.05, 0.1) is 24.9 Å². The van der Waals surface area contributed by atoms with E-state index in [4.69, 9.17) is 5.11 Å². The molecule has 0 radical (unpaired) electrons. The van der Waals surface area contributed by atoms with Crippen molar-refractivity contribution in [1.29, 1.82) is 0 Å². The molecule has 4 N–H and O–H groups in total. The lowest BCUT2D eigenvalue weighted by molar-refractivity contribution is 0.0193. The molecule has 66 valence electrons. The second-order valence-corrected chi connectivity index (χ2v) is 2.95. The highest BCUT2D eigenvalue weighted by atomic mass is 16.3. The van der Waals surface area contributed by atoms with Gasteiger partial charge in [-0.1, -0.05) is 6.92 Å². The van der Waals surface area contributed by atoms with E-state index in [9.17, 15) is 10.2 Å². The highest BCUT2D eigenvalue weighted by Crippen LogP contribution is 2.15. The van der Waals surface area contributed by atoms with Gasteiger partial charge in [0.2, 0.25) is 0 Å². The van der Waals surface area contributed by atoms with Gasteiger partial charge in [-0.25, -0.2) is 0 Å². The van der Waals surface area contributed by atoms with Crippen LogP contribution in [0.15, 0.2) is 0 Å². The Labute approximate surface area is 65.9 Å². The summed E-state index contributed by atoms with van der Waals surface area (Å²) >= 11 is 0. The van der Waals surface area contributed by atoms with Crippen LogP contribution >= 0.6 is 0 Å². The topological polar surface area (TPSA) is 72.7 Å². The smallest absolute Gasteiger partial charge is 0.0989 e. The first-order chi connectivity index (χ1) is 5.20. The van der Waals surface area contributed by atoms with Crippen LogP contribution in [0.5, 0.6) is 0 Å². The fourth-order valence-electron chi connectivity index (χ4n) is 1.47. The third-order valence-electron chi connectivity index (χ3n) is 2.24. The Hall–Kier alpha value is -0.160. The Kier molecular flexibility index (Phi) is 2.84. The lowest BCUT2D eigenvalue weighted by atomic mass is 10.1. The molecule has 0 bridgehead atoms. The third-order valence-corrected chi connectivity index (χ3v) is 2.24. The molecule has 1 heterocycles. The maximum Gasteiger partial charge on any atom is 0.0989 e. The summed E-state index contributed by atoms with van der Waals surface area (Å²) in [6.07, 6.45) is -0.809. The summed E-state index contributed by atoms with van der Waals surface area (Å²) in [5.74, 6) is 0. The predicted molar refractivity (Wildman–Crippen MR) is 40.1 cm³/mol. The molecule has 11 heavy (non-hydrogen) atoms. The van der Waals surface area contributed by atoms with Crippen LogP contribution in [0.3, 0.4) is 0 Å². The molecule has 0 spiro atoms. The van der Waals surface area contributed by atoms with Crippen molar-refractivity contribution >= 4 is 0 Å². The largest absolute Gasteiger partial charge is 0.395 e. The van der Waals surface area contributed by atoms with Crippen LogP contribution in [-0.4, -0.2) is 46.2 Å². The molecular weight excluding hydrogens is 146 g/mol. The molecule has 4 heteroatoms. The standard InChI is InChI=1S/C7H15NO3/c1-2-4-6(10)7(11)5(3-9)8-4/h4-11H,2-3H2,1H3/t4-,5+,6+,7+/m1/s1. The zero-order valence-electron chi connectivity index (χ0n) is 6.57. The lowest BCUT2D eigenvalue weighted by Crippen LogP contribution is -2.36. The van der Waals surface area contributed by atoms with Crippen molar-refractivity contribution in [2.75, 3.05) is 6.61 Å². The summed E-state index contributed by atoms with van der Waals surface area (Å²) in [5.41, 5.74) is 0. The first kappa shape index (κ1) is 8.93. The van der Waals surface area contributed by atoms with Crippen LogP contribution in [0.2, 0.25) is 0 Å². The van der Waals surface area contributed by atoms with E-state index in [1.165, 1.54) is 0 Å². The highest BCUT2D eigenvalue weighted by Gasteiger charge is 2.39. The van der Waals surface area contributed by atoms with E-state index in [-0.39, 0.29) is 18.7 Å². The van der Waals surface area contributed by atoms with Crippen molar-refractivity contribution in [3.05, 3.63) is 0 Å².